The second-order valence-electron chi connectivity index (χ2n) is 2.83. The lowest BCUT2D eigenvalue weighted by Gasteiger charge is -2.01. The molecule has 4 nitrogen and oxygen atoms in total. The molecule has 4 heteroatoms. The predicted octanol–water partition coefficient (Wildman–Crippen LogP) is 1.42. The van der Waals surface area contributed by atoms with Gasteiger partial charge in [-0.2, -0.15) is 0 Å². The van der Waals surface area contributed by atoms with Crippen molar-refractivity contribution >= 4 is 5.97 Å². The van der Waals surface area contributed by atoms with Crippen molar-refractivity contribution in [3.8, 4) is 0 Å². The standard InChI is InChI=1S/C9H14N2O2/c1-2-3-4-6-9(12)13-11-8-5-7-10-11/h5,7-8H,2-4,6H2,1H3. The highest BCUT2D eigenvalue weighted by Crippen LogP contribution is 1.98. The number of hydrogen-bond acceptors (Lipinski definition) is 3. The van der Waals surface area contributed by atoms with Crippen molar-refractivity contribution in [2.24, 2.45) is 0 Å². The van der Waals surface area contributed by atoms with Gasteiger partial charge >= 0.3 is 5.97 Å². The van der Waals surface area contributed by atoms with Gasteiger partial charge in [-0.15, -0.1) is 5.10 Å². The van der Waals surface area contributed by atoms with Gasteiger partial charge in [0.25, 0.3) is 0 Å². The van der Waals surface area contributed by atoms with Crippen LogP contribution in [0.15, 0.2) is 18.5 Å². The molecule has 1 heterocycles. The molecule has 0 aromatic carbocycles. The molecule has 0 bridgehead atoms. The zero-order valence-corrected chi connectivity index (χ0v) is 7.77. The van der Waals surface area contributed by atoms with E-state index in [1.165, 1.54) is 4.85 Å². The molecule has 0 amide bonds. The van der Waals surface area contributed by atoms with Crippen LogP contribution in [0.3, 0.4) is 0 Å². The Morgan fingerprint density at radius 3 is 3.00 bits per heavy atom. The summed E-state index contributed by atoms with van der Waals surface area (Å²) in [4.78, 5) is 17.1. The Kier molecular flexibility index (Phi) is 4.02. The average Bonchev–Trinajstić information content (AvgIpc) is 2.57. The van der Waals surface area contributed by atoms with Crippen molar-refractivity contribution in [3.05, 3.63) is 18.5 Å². The van der Waals surface area contributed by atoms with E-state index in [9.17, 15) is 4.79 Å². The third-order valence-electron chi connectivity index (χ3n) is 1.66. The number of hydrogen-bond donors (Lipinski definition) is 0. The lowest BCUT2D eigenvalue weighted by atomic mass is 10.2. The lowest BCUT2D eigenvalue weighted by Crippen LogP contribution is -2.19. The van der Waals surface area contributed by atoms with E-state index in [0.29, 0.717) is 6.42 Å². The van der Waals surface area contributed by atoms with Crippen molar-refractivity contribution in [2.75, 3.05) is 0 Å². The van der Waals surface area contributed by atoms with Gasteiger partial charge in [0.05, 0.1) is 12.4 Å². The van der Waals surface area contributed by atoms with Crippen LogP contribution in [0.2, 0.25) is 0 Å². The van der Waals surface area contributed by atoms with E-state index < -0.39 is 0 Å². The molecule has 0 saturated heterocycles. The summed E-state index contributed by atoms with van der Waals surface area (Å²) in [6, 6.07) is 1.71. The Labute approximate surface area is 77.5 Å². The summed E-state index contributed by atoms with van der Waals surface area (Å²) in [5.41, 5.74) is 0. The van der Waals surface area contributed by atoms with Crippen LogP contribution in [-0.2, 0) is 4.79 Å². The summed E-state index contributed by atoms with van der Waals surface area (Å²) in [5, 5.41) is 3.76. The molecule has 0 atom stereocenters. The summed E-state index contributed by atoms with van der Waals surface area (Å²) in [7, 11) is 0. The second-order valence-corrected chi connectivity index (χ2v) is 2.83. The Hall–Kier alpha value is -1.32. The molecule has 0 N–H and O–H groups in total. The molecule has 0 saturated carbocycles. The van der Waals surface area contributed by atoms with Gasteiger partial charge < -0.3 is 4.84 Å². The third-order valence-corrected chi connectivity index (χ3v) is 1.66. The highest BCUT2D eigenvalue weighted by molar-refractivity contribution is 5.69. The molecule has 0 unspecified atom stereocenters. The average molecular weight is 182 g/mol. The highest BCUT2D eigenvalue weighted by Gasteiger charge is 2.03. The zero-order chi connectivity index (χ0) is 9.52. The maximum Gasteiger partial charge on any atom is 0.334 e. The molecule has 0 aliphatic rings. The van der Waals surface area contributed by atoms with Crippen molar-refractivity contribution in [3.63, 3.8) is 0 Å². The number of unbranched alkanes of at least 4 members (excludes halogenated alkanes) is 2. The van der Waals surface area contributed by atoms with Crippen LogP contribution in [0, 0.1) is 0 Å². The van der Waals surface area contributed by atoms with Crippen LogP contribution >= 0.6 is 0 Å². The fraction of sp³-hybridized carbons (Fsp3) is 0.556. The van der Waals surface area contributed by atoms with Gasteiger partial charge in [-0.05, 0) is 12.5 Å². The zero-order valence-electron chi connectivity index (χ0n) is 7.77. The summed E-state index contributed by atoms with van der Waals surface area (Å²) < 4.78 is 0. The Bertz CT molecular complexity index is 244. The van der Waals surface area contributed by atoms with Crippen LogP contribution in [0.4, 0.5) is 0 Å². The number of carbonyl (C=O) groups is 1. The van der Waals surface area contributed by atoms with Crippen LogP contribution in [0.5, 0.6) is 0 Å². The van der Waals surface area contributed by atoms with E-state index >= 15 is 0 Å². The van der Waals surface area contributed by atoms with Crippen LogP contribution in [0.1, 0.15) is 32.6 Å². The summed E-state index contributed by atoms with van der Waals surface area (Å²) in [6.45, 7) is 2.10. The first kappa shape index (κ1) is 9.77. The smallest absolute Gasteiger partial charge is 0.319 e. The minimum Gasteiger partial charge on any atom is -0.319 e. The molecular weight excluding hydrogens is 168 g/mol. The van der Waals surface area contributed by atoms with Crippen LogP contribution in [0.25, 0.3) is 0 Å². The molecule has 1 aromatic heterocycles. The van der Waals surface area contributed by atoms with E-state index in [0.717, 1.165) is 19.3 Å². The minimum absolute atomic E-state index is 0.225. The molecule has 0 aliphatic heterocycles. The van der Waals surface area contributed by atoms with E-state index in [-0.39, 0.29) is 5.97 Å². The first-order valence-electron chi connectivity index (χ1n) is 4.53. The fourth-order valence-electron chi connectivity index (χ4n) is 0.978. The molecule has 72 valence electrons. The maximum atomic E-state index is 11.1. The van der Waals surface area contributed by atoms with Crippen molar-refractivity contribution in [1.29, 1.82) is 0 Å². The monoisotopic (exact) mass is 182 g/mol. The maximum absolute atomic E-state index is 11.1. The van der Waals surface area contributed by atoms with E-state index in [4.69, 9.17) is 4.84 Å². The molecule has 0 radical (unpaired) electrons. The molecule has 0 fully saturated rings. The van der Waals surface area contributed by atoms with Crippen molar-refractivity contribution in [2.45, 2.75) is 32.6 Å². The van der Waals surface area contributed by atoms with Gasteiger partial charge in [0.15, 0.2) is 0 Å². The first-order valence-corrected chi connectivity index (χ1v) is 4.53. The second kappa shape index (κ2) is 5.35. The first-order chi connectivity index (χ1) is 6.33. The highest BCUT2D eigenvalue weighted by atomic mass is 16.7. The van der Waals surface area contributed by atoms with Crippen molar-refractivity contribution < 1.29 is 9.63 Å². The number of rotatable bonds is 5. The Morgan fingerprint density at radius 1 is 1.54 bits per heavy atom. The molecule has 1 aromatic rings. The molecule has 0 aliphatic carbocycles. The normalized spacial score (nSPS) is 9.92. The van der Waals surface area contributed by atoms with Crippen molar-refractivity contribution in [1.82, 2.24) is 9.94 Å². The minimum atomic E-state index is -0.225. The number of aromatic nitrogens is 2. The predicted molar refractivity (Wildman–Crippen MR) is 48.0 cm³/mol. The van der Waals surface area contributed by atoms with E-state index in [2.05, 4.69) is 12.0 Å². The fourth-order valence-corrected chi connectivity index (χ4v) is 0.978. The number of carbonyl (C=O) groups excluding carboxylic acids is 1. The largest absolute Gasteiger partial charge is 0.334 e. The lowest BCUT2D eigenvalue weighted by molar-refractivity contribution is -0.145. The third kappa shape index (κ3) is 3.73. The van der Waals surface area contributed by atoms with Crippen LogP contribution in [-0.4, -0.2) is 15.9 Å². The van der Waals surface area contributed by atoms with Gasteiger partial charge in [-0.3, -0.25) is 0 Å². The Morgan fingerprint density at radius 2 is 2.38 bits per heavy atom. The van der Waals surface area contributed by atoms with Gasteiger partial charge in [0.1, 0.15) is 0 Å². The van der Waals surface area contributed by atoms with Gasteiger partial charge in [-0.25, -0.2) is 4.79 Å². The molecule has 13 heavy (non-hydrogen) atoms. The molecule has 0 spiro atoms. The van der Waals surface area contributed by atoms with Gasteiger partial charge in [0.2, 0.25) is 0 Å². The SMILES string of the molecule is CCCCCC(=O)On1cccn1. The van der Waals surface area contributed by atoms with Crippen LogP contribution < -0.4 is 4.84 Å². The van der Waals surface area contributed by atoms with E-state index in [1.54, 1.807) is 18.5 Å². The molecule has 1 rings (SSSR count). The quantitative estimate of drug-likeness (QED) is 0.647. The summed E-state index contributed by atoms with van der Waals surface area (Å²) in [5.74, 6) is -0.225. The Balaban J connectivity index is 2.18. The van der Waals surface area contributed by atoms with E-state index in [1.807, 2.05) is 0 Å². The molecular formula is C9H14N2O2. The summed E-state index contributed by atoms with van der Waals surface area (Å²) >= 11 is 0. The summed E-state index contributed by atoms with van der Waals surface area (Å²) in [6.07, 6.45) is 6.69. The van der Waals surface area contributed by atoms with Gasteiger partial charge in [0, 0.05) is 6.42 Å². The number of nitrogens with zero attached hydrogens (tertiary/aromatic N) is 2. The van der Waals surface area contributed by atoms with Gasteiger partial charge in [-0.1, -0.05) is 24.6 Å². The topological polar surface area (TPSA) is 44.1 Å².